The Morgan fingerprint density at radius 1 is 1.08 bits per heavy atom. The van der Waals surface area contributed by atoms with Crippen LogP contribution in [-0.2, 0) is 42.2 Å². The molecule has 2 aromatic rings. The van der Waals surface area contributed by atoms with Crippen molar-refractivity contribution in [3.8, 4) is 6.07 Å². The third kappa shape index (κ3) is 7.33. The molecule has 53 heavy (non-hydrogen) atoms. The van der Waals surface area contributed by atoms with Crippen molar-refractivity contribution < 1.29 is 36.7 Å². The highest BCUT2D eigenvalue weighted by Gasteiger charge is 2.63. The molecule has 7 rings (SSSR count). The van der Waals surface area contributed by atoms with Crippen LogP contribution in [0.5, 0.6) is 0 Å². The number of nitriles is 1. The number of benzene rings is 2. The number of allylic oxidation sites excluding steroid dienone is 1. The Hall–Kier alpha value is -4.97. The molecule has 0 unspecified atom stereocenters. The number of sulfonamides is 1. The lowest BCUT2D eigenvalue weighted by molar-refractivity contribution is -0.140. The van der Waals surface area contributed by atoms with Crippen molar-refractivity contribution in [2.24, 2.45) is 5.92 Å². The van der Waals surface area contributed by atoms with Gasteiger partial charge in [0.15, 0.2) is 0 Å². The summed E-state index contributed by atoms with van der Waals surface area (Å²) in [6.07, 6.45) is 6.57. The number of amides is 4. The Morgan fingerprint density at radius 2 is 1.85 bits per heavy atom. The van der Waals surface area contributed by atoms with E-state index in [1.807, 2.05) is 12.2 Å². The van der Waals surface area contributed by atoms with Crippen LogP contribution in [0.1, 0.15) is 81.4 Å². The molecular formula is C38H43FN6O7S. The van der Waals surface area contributed by atoms with Crippen LogP contribution in [0.4, 0.5) is 14.9 Å². The van der Waals surface area contributed by atoms with Gasteiger partial charge in [0, 0.05) is 30.1 Å². The highest BCUT2D eigenvalue weighted by Crippen LogP contribution is 2.47. The minimum atomic E-state index is -4.00. The first-order valence-electron chi connectivity index (χ1n) is 18.2. The summed E-state index contributed by atoms with van der Waals surface area (Å²) in [7, 11) is -4.00. The van der Waals surface area contributed by atoms with Gasteiger partial charge in [0.05, 0.1) is 29.5 Å². The third-order valence-corrected chi connectivity index (χ3v) is 13.4. The summed E-state index contributed by atoms with van der Waals surface area (Å²) in [5.41, 5.74) is 0.596. The number of anilines is 1. The van der Waals surface area contributed by atoms with Crippen molar-refractivity contribution in [3.63, 3.8) is 0 Å². The molecule has 0 bridgehead atoms. The van der Waals surface area contributed by atoms with Gasteiger partial charge in [-0.25, -0.2) is 17.6 Å². The standard InChI is InChI=1S/C38H43FN6O7S/c1-37(16-17-37)53(50,51)43-35(48)38-19-26(38)9-5-3-2-4-6-11-31(41-27-14-12-24(20-40)13-15-27)34(47)45-22-28(18-32(45)33(46)42-38)52-36(49)44-21-25-8-7-10-30(39)29(25)23-44/h5,7-10,12-15,26,28,31-32,41H,2-4,6,11,16-19,21-23H2,1H3,(H,42,46)(H,43,48)/b9-5-/t26-,28+,31-,32-,38+/m0/s1. The molecule has 2 aliphatic carbocycles. The fourth-order valence-corrected chi connectivity index (χ4v) is 8.83. The number of halogens is 1. The van der Waals surface area contributed by atoms with E-state index >= 15 is 0 Å². The zero-order chi connectivity index (χ0) is 37.5. The van der Waals surface area contributed by atoms with E-state index in [9.17, 15) is 37.2 Å². The normalized spacial score (nSPS) is 28.5. The van der Waals surface area contributed by atoms with E-state index < -0.39 is 74.0 Å². The van der Waals surface area contributed by atoms with Crippen LogP contribution >= 0.6 is 0 Å². The smallest absolute Gasteiger partial charge is 0.410 e. The predicted octanol–water partition coefficient (Wildman–Crippen LogP) is 3.99. The number of nitrogens with zero attached hydrogens (tertiary/aromatic N) is 3. The quantitative estimate of drug-likeness (QED) is 0.369. The summed E-state index contributed by atoms with van der Waals surface area (Å²) in [4.78, 5) is 58.7. The monoisotopic (exact) mass is 746 g/mol. The zero-order valence-electron chi connectivity index (χ0n) is 29.5. The minimum Gasteiger partial charge on any atom is -0.444 e. The number of hydrogen-bond acceptors (Lipinski definition) is 9. The fourth-order valence-electron chi connectivity index (χ4n) is 7.52. The Balaban J connectivity index is 1.15. The van der Waals surface area contributed by atoms with Crippen LogP contribution in [0.25, 0.3) is 0 Å². The molecule has 0 aromatic heterocycles. The largest absolute Gasteiger partial charge is 0.444 e. The lowest BCUT2D eigenvalue weighted by Crippen LogP contribution is -2.58. The molecule has 5 atom stereocenters. The molecule has 4 amide bonds. The molecule has 2 saturated carbocycles. The number of carbonyl (C=O) groups is 4. The third-order valence-electron chi connectivity index (χ3n) is 11.3. The summed E-state index contributed by atoms with van der Waals surface area (Å²) >= 11 is 0. The van der Waals surface area contributed by atoms with Crippen molar-refractivity contribution in [2.75, 3.05) is 11.9 Å². The topological polar surface area (TPSA) is 178 Å². The Bertz CT molecular complexity index is 2000. The van der Waals surface area contributed by atoms with Gasteiger partial charge < -0.3 is 20.3 Å². The van der Waals surface area contributed by atoms with Gasteiger partial charge in [0.2, 0.25) is 21.8 Å². The molecule has 15 heteroatoms. The molecule has 0 radical (unpaired) electrons. The van der Waals surface area contributed by atoms with Gasteiger partial charge in [-0.15, -0.1) is 0 Å². The van der Waals surface area contributed by atoms with Crippen molar-refractivity contribution in [1.29, 1.82) is 5.26 Å². The number of nitrogens with one attached hydrogen (secondary N) is 3. The van der Waals surface area contributed by atoms with Crippen LogP contribution in [0, 0.1) is 23.1 Å². The van der Waals surface area contributed by atoms with E-state index in [1.54, 1.807) is 43.3 Å². The molecule has 1 saturated heterocycles. The number of rotatable bonds is 6. The minimum absolute atomic E-state index is 0.0190. The lowest BCUT2D eigenvalue weighted by atomic mass is 10.0. The first kappa shape index (κ1) is 36.4. The van der Waals surface area contributed by atoms with Crippen molar-refractivity contribution in [3.05, 3.63) is 77.1 Å². The van der Waals surface area contributed by atoms with E-state index in [0.717, 1.165) is 12.8 Å². The van der Waals surface area contributed by atoms with Gasteiger partial charge in [-0.05, 0) is 81.3 Å². The second-order valence-electron chi connectivity index (χ2n) is 15.1. The maximum absolute atomic E-state index is 14.5. The Kier molecular flexibility index (Phi) is 9.69. The van der Waals surface area contributed by atoms with Crippen molar-refractivity contribution >= 4 is 39.5 Å². The lowest BCUT2D eigenvalue weighted by Gasteiger charge is -2.30. The highest BCUT2D eigenvalue weighted by molar-refractivity contribution is 7.91. The molecule has 3 fully saturated rings. The highest BCUT2D eigenvalue weighted by atomic mass is 32.2. The van der Waals surface area contributed by atoms with Gasteiger partial charge in [0.25, 0.3) is 5.91 Å². The van der Waals surface area contributed by atoms with Crippen LogP contribution in [0.15, 0.2) is 54.6 Å². The fraction of sp³-hybridized carbons (Fsp3) is 0.500. The van der Waals surface area contributed by atoms with Crippen LogP contribution < -0.4 is 15.4 Å². The molecule has 3 heterocycles. The number of carbonyl (C=O) groups excluding carboxylic acids is 4. The molecule has 2 aromatic carbocycles. The van der Waals surface area contributed by atoms with Gasteiger partial charge in [-0.1, -0.05) is 37.1 Å². The summed E-state index contributed by atoms with van der Waals surface area (Å²) < 4.78 is 47.7. The van der Waals surface area contributed by atoms with E-state index in [-0.39, 0.29) is 32.5 Å². The SMILES string of the molecule is CC1(S(=O)(=O)NC(=O)[C@@]23C[C@@H]2/C=C\CCCCC[C@H](Nc2ccc(C#N)cc2)C(=O)N2C[C@H](OC(=O)N4Cc5cccc(F)c5C4)C[C@H]2C(=O)N3)CC1. The van der Waals surface area contributed by atoms with Gasteiger partial charge in [0.1, 0.15) is 29.5 Å². The van der Waals surface area contributed by atoms with Crippen molar-refractivity contribution in [2.45, 2.75) is 106 Å². The number of fused-ring (bicyclic) bond motifs is 3. The van der Waals surface area contributed by atoms with Crippen LogP contribution in [0.2, 0.25) is 0 Å². The summed E-state index contributed by atoms with van der Waals surface area (Å²) in [5.74, 6) is -2.77. The summed E-state index contributed by atoms with van der Waals surface area (Å²) in [6.45, 7) is 1.63. The van der Waals surface area contributed by atoms with Crippen molar-refractivity contribution in [1.82, 2.24) is 19.8 Å². The Morgan fingerprint density at radius 3 is 2.57 bits per heavy atom. The molecule has 3 N–H and O–H groups in total. The molecule has 5 aliphatic rings. The van der Waals surface area contributed by atoms with Gasteiger partial charge in [-0.3, -0.25) is 24.0 Å². The zero-order valence-corrected chi connectivity index (χ0v) is 30.3. The maximum atomic E-state index is 14.5. The van der Waals surface area contributed by atoms with Crippen LogP contribution in [0.3, 0.4) is 0 Å². The second-order valence-corrected chi connectivity index (χ2v) is 17.3. The number of ether oxygens (including phenoxy) is 1. The van der Waals surface area contributed by atoms with E-state index in [1.165, 1.54) is 15.9 Å². The molecule has 13 nitrogen and oxygen atoms in total. The number of hydrogen-bond donors (Lipinski definition) is 3. The second kappa shape index (κ2) is 14.1. The van der Waals surface area contributed by atoms with E-state index in [4.69, 9.17) is 4.74 Å². The summed E-state index contributed by atoms with van der Waals surface area (Å²) in [5, 5.41) is 15.4. The maximum Gasteiger partial charge on any atom is 0.410 e. The molecular weight excluding hydrogens is 704 g/mol. The first-order valence-corrected chi connectivity index (χ1v) is 19.7. The van der Waals surface area contributed by atoms with E-state index in [2.05, 4.69) is 21.4 Å². The first-order chi connectivity index (χ1) is 25.3. The predicted molar refractivity (Wildman–Crippen MR) is 191 cm³/mol. The van der Waals surface area contributed by atoms with Gasteiger partial charge in [-0.2, -0.15) is 5.26 Å². The average molecular weight is 747 g/mol. The average Bonchev–Trinajstić information content (AvgIpc) is 3.92. The molecule has 280 valence electrons. The molecule has 3 aliphatic heterocycles. The molecule has 0 spiro atoms. The Labute approximate surface area is 308 Å². The van der Waals surface area contributed by atoms with Gasteiger partial charge >= 0.3 is 6.09 Å². The summed E-state index contributed by atoms with van der Waals surface area (Å²) in [6, 6.07) is 11.5. The van der Waals surface area contributed by atoms with Crippen LogP contribution in [-0.4, -0.2) is 77.1 Å². The van der Waals surface area contributed by atoms with E-state index in [0.29, 0.717) is 54.5 Å².